The zero-order valence-electron chi connectivity index (χ0n) is 35.1. The first-order valence-corrected chi connectivity index (χ1v) is 22.7. The van der Waals surface area contributed by atoms with Gasteiger partial charge in [0.15, 0.2) is 0 Å². The number of rotatable bonds is 10. The molecule has 0 amide bonds. The van der Waals surface area contributed by atoms with E-state index in [2.05, 4.69) is 228 Å². The van der Waals surface area contributed by atoms with Crippen LogP contribution < -0.4 is 4.90 Å². The van der Waals surface area contributed by atoms with Crippen LogP contribution in [0.15, 0.2) is 235 Å². The van der Waals surface area contributed by atoms with Gasteiger partial charge in [-0.2, -0.15) is 0 Å². The highest BCUT2D eigenvalue weighted by atomic mass is 32.1. The van der Waals surface area contributed by atoms with E-state index in [-0.39, 0.29) is 0 Å². The normalized spacial score (nSPS) is 11.6. The molecule has 0 aliphatic rings. The maximum atomic E-state index is 7.03. The van der Waals surface area contributed by atoms with E-state index < -0.39 is 0 Å². The molecule has 0 bridgehead atoms. The first kappa shape index (κ1) is 37.8. The Morgan fingerprint density at radius 3 is 1.83 bits per heavy atom. The molecule has 3 aromatic heterocycles. The smallest absolute Gasteiger partial charge is 0.145 e. The number of hydrogen-bond acceptors (Lipinski definition) is 3. The highest BCUT2D eigenvalue weighted by molar-refractivity contribution is 7.25. The molecule has 0 atom stereocenters. The lowest BCUT2D eigenvalue weighted by atomic mass is 9.98. The van der Waals surface area contributed by atoms with Gasteiger partial charge in [0.1, 0.15) is 11.2 Å². The minimum Gasteiger partial charge on any atom is -0.455 e. The van der Waals surface area contributed by atoms with Crippen LogP contribution in [0.2, 0.25) is 0 Å². The van der Waals surface area contributed by atoms with Gasteiger partial charge in [-0.25, -0.2) is 0 Å². The summed E-state index contributed by atoms with van der Waals surface area (Å²) in [7, 11) is 0. The van der Waals surface area contributed by atoms with Crippen LogP contribution in [0.25, 0.3) is 92.1 Å². The van der Waals surface area contributed by atoms with Crippen LogP contribution >= 0.6 is 11.3 Å². The van der Waals surface area contributed by atoms with Crippen LogP contribution in [0.1, 0.15) is 12.1 Å². The third-order valence-electron chi connectivity index (χ3n) is 12.6. The Morgan fingerprint density at radius 1 is 0.516 bits per heavy atom. The lowest BCUT2D eigenvalue weighted by Gasteiger charge is -2.28. The summed E-state index contributed by atoms with van der Waals surface area (Å²) in [6, 6.07) is 78.4. The Kier molecular flexibility index (Phi) is 9.31. The summed E-state index contributed by atoms with van der Waals surface area (Å²) in [6.07, 6.45) is 1.52. The highest BCUT2D eigenvalue weighted by Crippen LogP contribution is 2.47. The maximum absolute atomic E-state index is 7.03. The number of benzene rings is 9. The minimum atomic E-state index is 0.726. The van der Waals surface area contributed by atoms with Crippen LogP contribution in [0.3, 0.4) is 0 Å². The lowest BCUT2D eigenvalue weighted by molar-refractivity contribution is 0.670. The number of aryl methyl sites for hydroxylation is 1. The number of furan rings is 1. The lowest BCUT2D eigenvalue weighted by Crippen LogP contribution is -2.17. The minimum absolute atomic E-state index is 0.726. The van der Waals surface area contributed by atoms with Crippen molar-refractivity contribution >= 4 is 75.7 Å². The fourth-order valence-corrected chi connectivity index (χ4v) is 10.8. The molecule has 4 heteroatoms. The summed E-state index contributed by atoms with van der Waals surface area (Å²) in [5, 5.41) is 5.90. The number of nitrogens with zero attached hydrogens (tertiary/aromatic N) is 2. The molecule has 64 heavy (non-hydrogen) atoms. The van der Waals surface area contributed by atoms with Crippen molar-refractivity contribution in [3.8, 4) is 39.1 Å². The molecule has 0 aliphatic heterocycles. The SMILES string of the molecule is C=C(CCc1cc2ccccc2n1-c1ccccc1)N(c1ccc2c(c1)sc1cc(-c3ccccc3)ccc12)c1ccc(-c2ccccc2)c2oc3cc(-c4ccccc4)ccc3c12. The van der Waals surface area contributed by atoms with E-state index >= 15 is 0 Å². The predicted molar refractivity (Wildman–Crippen MR) is 272 cm³/mol. The van der Waals surface area contributed by atoms with Crippen LogP contribution in [0.5, 0.6) is 0 Å². The molecule has 0 N–H and O–H groups in total. The number of aromatic nitrogens is 1. The number of anilines is 2. The number of para-hydroxylation sites is 2. The number of thiophene rings is 1. The van der Waals surface area contributed by atoms with Gasteiger partial charge < -0.3 is 13.9 Å². The zero-order valence-corrected chi connectivity index (χ0v) is 35.9. The Bertz CT molecular complexity index is 3680. The van der Waals surface area contributed by atoms with Gasteiger partial charge in [-0.1, -0.05) is 158 Å². The first-order chi connectivity index (χ1) is 31.6. The van der Waals surface area contributed by atoms with Crippen LogP contribution in [-0.4, -0.2) is 4.57 Å². The van der Waals surface area contributed by atoms with Gasteiger partial charge in [-0.15, -0.1) is 11.3 Å². The summed E-state index contributed by atoms with van der Waals surface area (Å²) < 4.78 is 12.0. The van der Waals surface area contributed by atoms with Gasteiger partial charge in [0, 0.05) is 59.3 Å². The molecule has 12 aromatic rings. The van der Waals surface area contributed by atoms with Gasteiger partial charge in [-0.05, 0) is 107 Å². The molecule has 9 aromatic carbocycles. The van der Waals surface area contributed by atoms with E-state index in [0.717, 1.165) is 79.8 Å². The quantitative estimate of drug-likeness (QED) is 0.137. The molecule has 0 unspecified atom stereocenters. The van der Waals surface area contributed by atoms with E-state index in [1.165, 1.54) is 47.9 Å². The molecule has 3 heterocycles. The van der Waals surface area contributed by atoms with E-state index in [0.29, 0.717) is 0 Å². The fraction of sp³-hybridized carbons (Fsp3) is 0.0333. The molecular formula is C60H42N2OS. The number of fused-ring (bicyclic) bond motifs is 7. The van der Waals surface area contributed by atoms with Gasteiger partial charge in [-0.3, -0.25) is 0 Å². The van der Waals surface area contributed by atoms with E-state index in [1.807, 2.05) is 11.3 Å². The van der Waals surface area contributed by atoms with Gasteiger partial charge in [0.05, 0.1) is 16.6 Å². The summed E-state index contributed by atoms with van der Waals surface area (Å²) in [5.41, 5.74) is 15.3. The average molecular weight is 839 g/mol. The van der Waals surface area contributed by atoms with Crippen molar-refractivity contribution in [1.82, 2.24) is 4.57 Å². The van der Waals surface area contributed by atoms with Crippen molar-refractivity contribution < 1.29 is 4.42 Å². The summed E-state index contributed by atoms with van der Waals surface area (Å²) >= 11 is 1.85. The largest absolute Gasteiger partial charge is 0.455 e. The molecule has 12 rings (SSSR count). The number of allylic oxidation sites excluding steroid dienone is 1. The van der Waals surface area contributed by atoms with Crippen molar-refractivity contribution in [3.63, 3.8) is 0 Å². The Hall–Kier alpha value is -7.92. The maximum Gasteiger partial charge on any atom is 0.145 e. The van der Waals surface area contributed by atoms with Crippen molar-refractivity contribution in [3.05, 3.63) is 236 Å². The topological polar surface area (TPSA) is 21.3 Å². The first-order valence-electron chi connectivity index (χ1n) is 21.9. The van der Waals surface area contributed by atoms with Crippen LogP contribution in [0.4, 0.5) is 11.4 Å². The molecule has 0 saturated heterocycles. The van der Waals surface area contributed by atoms with Crippen molar-refractivity contribution in [2.24, 2.45) is 0 Å². The molecule has 0 fully saturated rings. The molecule has 0 spiro atoms. The third-order valence-corrected chi connectivity index (χ3v) is 13.8. The van der Waals surface area contributed by atoms with E-state index in [9.17, 15) is 0 Å². The summed E-state index contributed by atoms with van der Waals surface area (Å²) in [6.45, 7) is 4.94. The summed E-state index contributed by atoms with van der Waals surface area (Å²) in [4.78, 5) is 2.39. The van der Waals surface area contributed by atoms with Crippen LogP contribution in [0, 0.1) is 0 Å². The van der Waals surface area contributed by atoms with Gasteiger partial charge >= 0.3 is 0 Å². The molecular weight excluding hydrogens is 797 g/mol. The van der Waals surface area contributed by atoms with E-state index in [1.54, 1.807) is 0 Å². The second-order valence-corrected chi connectivity index (χ2v) is 17.6. The second-order valence-electron chi connectivity index (χ2n) is 16.5. The second kappa shape index (κ2) is 15.8. The third kappa shape index (κ3) is 6.59. The highest BCUT2D eigenvalue weighted by Gasteiger charge is 2.24. The van der Waals surface area contributed by atoms with Gasteiger partial charge in [0.2, 0.25) is 0 Å². The average Bonchev–Trinajstić information content (AvgIpc) is 4.05. The molecule has 3 nitrogen and oxygen atoms in total. The molecule has 0 aliphatic carbocycles. The van der Waals surface area contributed by atoms with Crippen molar-refractivity contribution in [2.45, 2.75) is 12.8 Å². The fourth-order valence-electron chi connectivity index (χ4n) is 9.57. The molecule has 0 radical (unpaired) electrons. The standard InChI is InChI=1S/C60H42N2OS/c1-40(26-29-48-36-46-22-14-15-25-54(46)62(48)47-23-12-5-13-24-47)61(49-30-33-52-51-31-27-45(42-18-8-3-9-19-42)38-57(51)64-58(52)39-49)55-35-34-50(43-20-10-4-11-21-43)60-59(55)53-32-28-44(37-56(53)63-60)41-16-6-2-7-17-41/h2-25,27-28,30-39H,1,26,29H2. The van der Waals surface area contributed by atoms with Crippen molar-refractivity contribution in [2.75, 3.05) is 4.90 Å². The van der Waals surface area contributed by atoms with Gasteiger partial charge in [0.25, 0.3) is 0 Å². The van der Waals surface area contributed by atoms with E-state index in [4.69, 9.17) is 11.0 Å². The molecule has 304 valence electrons. The van der Waals surface area contributed by atoms with Crippen LogP contribution in [-0.2, 0) is 6.42 Å². The zero-order chi connectivity index (χ0) is 42.6. The molecule has 0 saturated carbocycles. The Balaban J connectivity index is 1.04. The Labute approximate surface area is 376 Å². The summed E-state index contributed by atoms with van der Waals surface area (Å²) in [5.74, 6) is 0. The monoisotopic (exact) mass is 838 g/mol. The predicted octanol–water partition coefficient (Wildman–Crippen LogP) is 17.2. The Morgan fingerprint density at radius 2 is 1.11 bits per heavy atom. The number of hydrogen-bond donors (Lipinski definition) is 0. The van der Waals surface area contributed by atoms with Crippen molar-refractivity contribution in [1.29, 1.82) is 0 Å².